The number of nitrogens with zero attached hydrogens (tertiary/aromatic N) is 4. The second kappa shape index (κ2) is 6.34. The fraction of sp³-hybridized carbons (Fsp3) is 0.450. The van der Waals surface area contributed by atoms with Gasteiger partial charge >= 0.3 is 0 Å². The first-order valence-electron chi connectivity index (χ1n) is 9.42. The minimum Gasteiger partial charge on any atom is -0.332 e. The maximum atomic E-state index is 14.6. The predicted molar refractivity (Wildman–Crippen MR) is 94.0 cm³/mol. The van der Waals surface area contributed by atoms with Crippen molar-refractivity contribution < 1.29 is 13.6 Å². The van der Waals surface area contributed by atoms with Gasteiger partial charge in [-0.25, -0.2) is 8.78 Å². The Labute approximate surface area is 156 Å². The van der Waals surface area contributed by atoms with Gasteiger partial charge in [0.05, 0.1) is 6.04 Å². The third-order valence-electron chi connectivity index (χ3n) is 6.43. The molecule has 0 saturated carbocycles. The van der Waals surface area contributed by atoms with Crippen molar-refractivity contribution in [1.82, 2.24) is 20.0 Å². The largest absolute Gasteiger partial charge is 0.332 e. The zero-order valence-electron chi connectivity index (χ0n) is 14.8. The molecule has 27 heavy (non-hydrogen) atoms. The van der Waals surface area contributed by atoms with Crippen LogP contribution in [0.2, 0.25) is 0 Å². The van der Waals surface area contributed by atoms with E-state index in [2.05, 4.69) is 15.1 Å². The lowest BCUT2D eigenvalue weighted by Gasteiger charge is -2.51. The van der Waals surface area contributed by atoms with E-state index in [4.69, 9.17) is 0 Å². The third kappa shape index (κ3) is 2.56. The molecule has 0 spiro atoms. The fourth-order valence-corrected chi connectivity index (χ4v) is 5.30. The first-order chi connectivity index (χ1) is 13.1. The molecule has 2 bridgehead atoms. The summed E-state index contributed by atoms with van der Waals surface area (Å²) in [4.78, 5) is 17.3. The van der Waals surface area contributed by atoms with Crippen LogP contribution in [0.1, 0.15) is 34.8 Å². The van der Waals surface area contributed by atoms with Gasteiger partial charge in [-0.15, -0.1) is 5.10 Å². The molecule has 0 N–H and O–H groups in total. The number of amides is 1. The summed E-state index contributed by atoms with van der Waals surface area (Å²) in [5.41, 5.74) is 0.667. The number of carbonyl (C=O) groups excluding carboxylic acids is 1. The number of fused-ring (bicyclic) bond motifs is 2. The Hall–Kier alpha value is -2.41. The van der Waals surface area contributed by atoms with Crippen molar-refractivity contribution in [1.29, 1.82) is 0 Å². The number of likely N-dealkylation sites (tertiary alicyclic amines) is 1. The third-order valence-corrected chi connectivity index (χ3v) is 6.43. The maximum Gasteiger partial charge on any atom is 0.274 e. The fourth-order valence-electron chi connectivity index (χ4n) is 5.30. The number of hydrogen-bond donors (Lipinski definition) is 0. The molecular formula is C20H20F2N4O. The molecule has 5 heterocycles. The van der Waals surface area contributed by atoms with E-state index in [1.807, 2.05) is 4.90 Å². The minimum absolute atomic E-state index is 0.00896. The average molecular weight is 370 g/mol. The molecule has 3 atom stereocenters. The van der Waals surface area contributed by atoms with Gasteiger partial charge in [0.15, 0.2) is 17.3 Å². The number of carbonyl (C=O) groups is 1. The van der Waals surface area contributed by atoms with E-state index < -0.39 is 11.6 Å². The predicted octanol–water partition coefficient (Wildman–Crippen LogP) is 2.46. The second-order valence-corrected chi connectivity index (χ2v) is 7.67. The van der Waals surface area contributed by atoms with Crippen LogP contribution in [0.25, 0.3) is 0 Å². The van der Waals surface area contributed by atoms with Gasteiger partial charge in [0.2, 0.25) is 0 Å². The Morgan fingerprint density at radius 3 is 2.63 bits per heavy atom. The highest BCUT2D eigenvalue weighted by atomic mass is 19.2. The zero-order chi connectivity index (χ0) is 18.5. The van der Waals surface area contributed by atoms with E-state index in [1.54, 1.807) is 24.3 Å². The molecule has 7 heteroatoms. The summed E-state index contributed by atoms with van der Waals surface area (Å²) < 4.78 is 28.5. The van der Waals surface area contributed by atoms with Crippen molar-refractivity contribution in [2.45, 2.75) is 30.8 Å². The Balaban J connectivity index is 1.56. The number of benzene rings is 1. The average Bonchev–Trinajstić information content (AvgIpc) is 3.14. The van der Waals surface area contributed by atoms with Crippen LogP contribution in [-0.2, 0) is 0 Å². The van der Waals surface area contributed by atoms with Crippen LogP contribution in [0.3, 0.4) is 0 Å². The van der Waals surface area contributed by atoms with E-state index in [0.717, 1.165) is 32.0 Å². The van der Waals surface area contributed by atoms with Crippen LogP contribution in [0.5, 0.6) is 0 Å². The molecule has 1 amide bonds. The number of halogens is 2. The summed E-state index contributed by atoms with van der Waals surface area (Å²) in [7, 11) is 0. The monoisotopic (exact) mass is 370 g/mol. The summed E-state index contributed by atoms with van der Waals surface area (Å²) in [6, 6.07) is 7.72. The lowest BCUT2D eigenvalue weighted by molar-refractivity contribution is -0.00379. The van der Waals surface area contributed by atoms with Crippen LogP contribution < -0.4 is 0 Å². The molecular weight excluding hydrogens is 350 g/mol. The topological polar surface area (TPSA) is 49.3 Å². The van der Waals surface area contributed by atoms with Crippen LogP contribution in [-0.4, -0.2) is 57.6 Å². The van der Waals surface area contributed by atoms with E-state index in [1.165, 1.54) is 6.20 Å². The smallest absolute Gasteiger partial charge is 0.274 e. The van der Waals surface area contributed by atoms with Gasteiger partial charge in [-0.05, 0) is 55.6 Å². The van der Waals surface area contributed by atoms with Crippen molar-refractivity contribution in [2.75, 3.05) is 19.6 Å². The Bertz CT molecular complexity index is 870. The summed E-state index contributed by atoms with van der Waals surface area (Å²) in [5.74, 6) is -1.65. The van der Waals surface area contributed by atoms with Gasteiger partial charge < -0.3 is 4.90 Å². The van der Waals surface area contributed by atoms with E-state index in [9.17, 15) is 13.6 Å². The van der Waals surface area contributed by atoms with Crippen molar-refractivity contribution in [3.05, 3.63) is 59.4 Å². The van der Waals surface area contributed by atoms with E-state index in [0.29, 0.717) is 23.7 Å². The van der Waals surface area contributed by atoms with E-state index in [-0.39, 0.29) is 23.9 Å². The van der Waals surface area contributed by atoms with Crippen LogP contribution in [0, 0.1) is 17.6 Å². The number of piperidine rings is 3. The molecule has 4 saturated heterocycles. The summed E-state index contributed by atoms with van der Waals surface area (Å²) in [6.07, 6.45) is 3.59. The first kappa shape index (κ1) is 16.7. The Kier molecular flexibility index (Phi) is 3.93. The summed E-state index contributed by atoms with van der Waals surface area (Å²) >= 11 is 0. The normalized spacial score (nSPS) is 31.8. The lowest BCUT2D eigenvalue weighted by Crippen LogP contribution is -2.60. The maximum absolute atomic E-state index is 14.6. The van der Waals surface area contributed by atoms with Gasteiger partial charge in [0, 0.05) is 24.7 Å². The van der Waals surface area contributed by atoms with Gasteiger partial charge in [0.25, 0.3) is 5.91 Å². The Morgan fingerprint density at radius 1 is 1.07 bits per heavy atom. The number of rotatable bonds is 2. The highest BCUT2D eigenvalue weighted by molar-refractivity contribution is 5.92. The molecule has 0 unspecified atom stereocenters. The lowest BCUT2D eigenvalue weighted by atomic mass is 9.75. The molecule has 4 fully saturated rings. The summed E-state index contributed by atoms with van der Waals surface area (Å²) in [6.45, 7) is 2.27. The Morgan fingerprint density at radius 2 is 1.89 bits per heavy atom. The summed E-state index contributed by atoms with van der Waals surface area (Å²) in [5, 5.41) is 7.78. The van der Waals surface area contributed by atoms with Crippen LogP contribution in [0.4, 0.5) is 8.78 Å². The minimum atomic E-state index is -0.835. The molecule has 5 nitrogen and oxygen atoms in total. The SMILES string of the molecule is O=C(c1cccnn1)N1C[C@H](c2cccc(F)c2F)[C@H]2[C@@H]1C1CCN2CC1. The first-order valence-corrected chi connectivity index (χ1v) is 9.42. The standard InChI is InChI=1S/C20H20F2N4O/c21-15-4-1-3-13(17(15)22)14-11-26(20(27)16-5-2-8-23-24-16)18-12-6-9-25(10-7-12)19(14)18/h1-5,8,12,14,18-19H,6-7,9-11H2/t14-,18+,19+/m1/s1. The van der Waals surface area contributed by atoms with Crippen LogP contribution in [0.15, 0.2) is 36.5 Å². The van der Waals surface area contributed by atoms with Gasteiger partial charge in [-0.3, -0.25) is 9.69 Å². The molecule has 0 aliphatic carbocycles. The van der Waals surface area contributed by atoms with Crippen molar-refractivity contribution in [3.8, 4) is 0 Å². The molecule has 0 radical (unpaired) electrons. The van der Waals surface area contributed by atoms with Gasteiger partial charge in [0.1, 0.15) is 0 Å². The highest BCUT2D eigenvalue weighted by Crippen LogP contribution is 2.47. The molecule has 1 aromatic heterocycles. The molecule has 140 valence electrons. The number of hydrogen-bond acceptors (Lipinski definition) is 4. The molecule has 4 aliphatic rings. The highest BCUT2D eigenvalue weighted by Gasteiger charge is 2.55. The zero-order valence-corrected chi connectivity index (χ0v) is 14.8. The number of aromatic nitrogens is 2. The molecule has 1 aromatic carbocycles. The molecule has 6 rings (SSSR count). The van der Waals surface area contributed by atoms with Gasteiger partial charge in [-0.2, -0.15) is 5.10 Å². The molecule has 2 aromatic rings. The quantitative estimate of drug-likeness (QED) is 0.815. The second-order valence-electron chi connectivity index (χ2n) is 7.67. The van der Waals surface area contributed by atoms with Crippen molar-refractivity contribution in [2.24, 2.45) is 5.92 Å². The van der Waals surface area contributed by atoms with Crippen molar-refractivity contribution >= 4 is 5.91 Å². The van der Waals surface area contributed by atoms with Gasteiger partial charge in [-0.1, -0.05) is 12.1 Å². The van der Waals surface area contributed by atoms with Crippen LogP contribution >= 0.6 is 0 Å². The van der Waals surface area contributed by atoms with Crippen molar-refractivity contribution in [3.63, 3.8) is 0 Å². The molecule has 4 aliphatic heterocycles. The van der Waals surface area contributed by atoms with E-state index >= 15 is 0 Å².